The van der Waals surface area contributed by atoms with Crippen molar-refractivity contribution in [1.82, 2.24) is 0 Å². The van der Waals surface area contributed by atoms with Gasteiger partial charge in [-0.2, -0.15) is 0 Å². The van der Waals surface area contributed by atoms with Crippen LogP contribution >= 0.6 is 46.4 Å². The topological polar surface area (TPSA) is 0 Å². The van der Waals surface area contributed by atoms with Gasteiger partial charge in [0.25, 0.3) is 0 Å². The van der Waals surface area contributed by atoms with Crippen LogP contribution in [0, 0.1) is 0 Å². The third-order valence-electron chi connectivity index (χ3n) is 1.18. The summed E-state index contributed by atoms with van der Waals surface area (Å²) in [6, 6.07) is 6.90. The molecule has 0 aliphatic rings. The van der Waals surface area contributed by atoms with Gasteiger partial charge in [0.1, 0.15) is 0 Å². The molecule has 0 unspecified atom stereocenters. The summed E-state index contributed by atoms with van der Waals surface area (Å²) in [6.45, 7) is 0. The van der Waals surface area contributed by atoms with Gasteiger partial charge in [-0.1, -0.05) is 64.6 Å². The number of rotatable bonds is 0. The molecule has 0 saturated carbocycles. The van der Waals surface area contributed by atoms with Crippen LogP contribution < -0.4 is 0 Å². The summed E-state index contributed by atoms with van der Waals surface area (Å²) in [5.41, 5.74) is 0.506. The SMILES string of the molecule is Clc1ccccc1C(Cl)(Cl)Cl.F. The maximum absolute atomic E-state index is 5.76. The molecule has 0 nitrogen and oxygen atoms in total. The van der Waals surface area contributed by atoms with Gasteiger partial charge in [-0.25, -0.2) is 0 Å². The van der Waals surface area contributed by atoms with Crippen molar-refractivity contribution >= 4 is 46.4 Å². The van der Waals surface area contributed by atoms with Crippen molar-refractivity contribution in [2.24, 2.45) is 0 Å². The lowest BCUT2D eigenvalue weighted by Gasteiger charge is -2.11. The highest BCUT2D eigenvalue weighted by molar-refractivity contribution is 6.67. The summed E-state index contributed by atoms with van der Waals surface area (Å²) in [5.74, 6) is 0. The monoisotopic (exact) mass is 248 g/mol. The summed E-state index contributed by atoms with van der Waals surface area (Å²) in [7, 11) is 0. The second-order valence-electron chi connectivity index (χ2n) is 1.98. The quantitative estimate of drug-likeness (QED) is 0.601. The van der Waals surface area contributed by atoms with Crippen molar-refractivity contribution in [1.29, 1.82) is 0 Å². The fraction of sp³-hybridized carbons (Fsp3) is 0.143. The van der Waals surface area contributed by atoms with E-state index in [4.69, 9.17) is 46.4 Å². The molecule has 0 spiro atoms. The Bertz CT molecular complexity index is 256. The molecule has 1 aromatic rings. The molecule has 1 aromatic carbocycles. The first-order valence-electron chi connectivity index (χ1n) is 2.83. The van der Waals surface area contributed by atoms with E-state index in [-0.39, 0.29) is 4.70 Å². The summed E-state index contributed by atoms with van der Waals surface area (Å²) in [4.78, 5) is 0. The van der Waals surface area contributed by atoms with E-state index < -0.39 is 3.79 Å². The highest BCUT2D eigenvalue weighted by atomic mass is 35.6. The minimum Gasteiger partial charge on any atom is -0.269 e. The third kappa shape index (κ3) is 2.98. The first kappa shape index (κ1) is 12.3. The third-order valence-corrected chi connectivity index (χ3v) is 2.12. The molecule has 68 valence electrons. The van der Waals surface area contributed by atoms with Gasteiger partial charge < -0.3 is 0 Å². The lowest BCUT2D eigenvalue weighted by atomic mass is 10.2. The Morgan fingerprint density at radius 2 is 1.50 bits per heavy atom. The van der Waals surface area contributed by atoms with E-state index in [0.29, 0.717) is 10.6 Å². The zero-order chi connectivity index (χ0) is 8.48. The van der Waals surface area contributed by atoms with Crippen LogP contribution in [0.25, 0.3) is 0 Å². The smallest absolute Gasteiger partial charge is 0.217 e. The maximum atomic E-state index is 5.76. The number of alkyl halides is 3. The van der Waals surface area contributed by atoms with Crippen LogP contribution in [0.5, 0.6) is 0 Å². The highest BCUT2D eigenvalue weighted by Gasteiger charge is 2.24. The van der Waals surface area contributed by atoms with E-state index >= 15 is 0 Å². The zero-order valence-corrected chi connectivity index (χ0v) is 8.75. The van der Waals surface area contributed by atoms with Crippen molar-refractivity contribution in [3.05, 3.63) is 34.9 Å². The average molecular weight is 250 g/mol. The van der Waals surface area contributed by atoms with Crippen LogP contribution in [-0.2, 0) is 3.79 Å². The highest BCUT2D eigenvalue weighted by Crippen LogP contribution is 2.41. The van der Waals surface area contributed by atoms with Crippen LogP contribution in [0.1, 0.15) is 5.56 Å². The molecule has 0 saturated heterocycles. The summed E-state index contributed by atoms with van der Waals surface area (Å²) in [6.07, 6.45) is 0. The molecule has 0 amide bonds. The van der Waals surface area contributed by atoms with Gasteiger partial charge in [0.15, 0.2) is 0 Å². The molecule has 0 aliphatic heterocycles. The summed E-state index contributed by atoms with van der Waals surface area (Å²) in [5, 5.41) is 0.465. The molecule has 0 bridgehead atoms. The van der Waals surface area contributed by atoms with Gasteiger partial charge in [-0.3, -0.25) is 4.70 Å². The van der Waals surface area contributed by atoms with Crippen LogP contribution in [0.2, 0.25) is 5.02 Å². The van der Waals surface area contributed by atoms with Crippen LogP contribution in [0.4, 0.5) is 4.70 Å². The van der Waals surface area contributed by atoms with Gasteiger partial charge in [-0.15, -0.1) is 0 Å². The first-order chi connectivity index (χ1) is 5.02. The molecular weight excluding hydrogens is 245 g/mol. The van der Waals surface area contributed by atoms with E-state index in [9.17, 15) is 0 Å². The second kappa shape index (κ2) is 4.52. The molecule has 0 atom stereocenters. The Labute approximate surface area is 89.7 Å². The summed E-state index contributed by atoms with van der Waals surface area (Å²) < 4.78 is -1.43. The van der Waals surface area contributed by atoms with Crippen molar-refractivity contribution in [2.75, 3.05) is 0 Å². The van der Waals surface area contributed by atoms with E-state index in [0.717, 1.165) is 0 Å². The molecule has 0 fully saturated rings. The minimum absolute atomic E-state index is 0. The lowest BCUT2D eigenvalue weighted by molar-refractivity contribution is 1.11. The normalized spacial score (nSPS) is 10.7. The zero-order valence-electron chi connectivity index (χ0n) is 5.73. The Morgan fingerprint density at radius 3 is 1.83 bits per heavy atom. The van der Waals surface area contributed by atoms with Crippen molar-refractivity contribution in [2.45, 2.75) is 3.79 Å². The molecular formula is C7H5Cl4F. The van der Waals surface area contributed by atoms with E-state index in [1.165, 1.54) is 0 Å². The molecule has 5 heteroatoms. The Kier molecular flexibility index (Phi) is 4.64. The van der Waals surface area contributed by atoms with Crippen LogP contribution in [-0.4, -0.2) is 0 Å². The molecule has 1 rings (SSSR count). The van der Waals surface area contributed by atoms with E-state index in [1.54, 1.807) is 24.3 Å². The predicted octanol–water partition coefficient (Wildman–Crippen LogP) is 4.32. The van der Waals surface area contributed by atoms with Crippen molar-refractivity contribution in [3.8, 4) is 0 Å². The maximum Gasteiger partial charge on any atom is 0.217 e. The summed E-state index contributed by atoms with van der Waals surface area (Å²) >= 11 is 22.6. The average Bonchev–Trinajstić information content (AvgIpc) is 1.86. The molecule has 12 heavy (non-hydrogen) atoms. The molecule has 0 N–H and O–H groups in total. The van der Waals surface area contributed by atoms with E-state index in [2.05, 4.69) is 0 Å². The molecule has 0 heterocycles. The predicted molar refractivity (Wildman–Crippen MR) is 53.2 cm³/mol. The van der Waals surface area contributed by atoms with Crippen molar-refractivity contribution < 1.29 is 4.70 Å². The van der Waals surface area contributed by atoms with Gasteiger partial charge >= 0.3 is 0 Å². The number of benzene rings is 1. The Morgan fingerprint density at radius 1 is 1.00 bits per heavy atom. The van der Waals surface area contributed by atoms with E-state index in [1.807, 2.05) is 0 Å². The molecule has 0 aromatic heterocycles. The van der Waals surface area contributed by atoms with Gasteiger partial charge in [0, 0.05) is 10.6 Å². The molecule has 0 radical (unpaired) electrons. The Hall–Kier alpha value is 0.310. The largest absolute Gasteiger partial charge is 0.269 e. The first-order valence-corrected chi connectivity index (χ1v) is 4.35. The number of hydrogen-bond donors (Lipinski definition) is 0. The van der Waals surface area contributed by atoms with Crippen molar-refractivity contribution in [3.63, 3.8) is 0 Å². The van der Waals surface area contributed by atoms with Crippen LogP contribution in [0.15, 0.2) is 24.3 Å². The number of halogens is 5. The second-order valence-corrected chi connectivity index (χ2v) is 4.67. The lowest BCUT2D eigenvalue weighted by Crippen LogP contribution is -1.99. The van der Waals surface area contributed by atoms with Crippen LogP contribution in [0.3, 0.4) is 0 Å². The Balaban J connectivity index is 0.00000121. The molecule has 0 aliphatic carbocycles. The minimum atomic E-state index is -1.43. The number of hydrogen-bond acceptors (Lipinski definition) is 0. The fourth-order valence-corrected chi connectivity index (χ4v) is 1.61. The fourth-order valence-electron chi connectivity index (χ4n) is 0.691. The van der Waals surface area contributed by atoms with Gasteiger partial charge in [-0.05, 0) is 6.07 Å². The van der Waals surface area contributed by atoms with Gasteiger partial charge in [0.05, 0.1) is 0 Å². The standard InChI is InChI=1S/C7H4Cl4.FH/c8-6-4-2-1-3-5(6)7(9,10)11;/h1-4H;1H. The van der Waals surface area contributed by atoms with Gasteiger partial charge in [0.2, 0.25) is 3.79 Å².